The molecular formula is C15H18N6O. The van der Waals surface area contributed by atoms with E-state index in [0.717, 1.165) is 22.0 Å². The molecule has 0 spiro atoms. The van der Waals surface area contributed by atoms with Gasteiger partial charge >= 0.3 is 0 Å². The number of aromatic nitrogens is 4. The molecule has 0 radical (unpaired) electrons. The van der Waals surface area contributed by atoms with Gasteiger partial charge in [0.15, 0.2) is 5.82 Å². The number of aromatic amines is 1. The first-order valence-electron chi connectivity index (χ1n) is 6.98. The van der Waals surface area contributed by atoms with E-state index in [1.54, 1.807) is 23.7 Å². The Balaban J connectivity index is 2.03. The van der Waals surface area contributed by atoms with Crippen molar-refractivity contribution >= 4 is 22.6 Å². The lowest BCUT2D eigenvalue weighted by atomic mass is 10.1. The average Bonchev–Trinajstić information content (AvgIpc) is 3.12. The van der Waals surface area contributed by atoms with Crippen LogP contribution in [0.2, 0.25) is 0 Å². The molecule has 2 aromatic heterocycles. The van der Waals surface area contributed by atoms with E-state index in [1.807, 2.05) is 37.6 Å². The number of fused-ring (bicyclic) bond motifs is 1. The van der Waals surface area contributed by atoms with Crippen molar-refractivity contribution in [2.24, 2.45) is 7.05 Å². The summed E-state index contributed by atoms with van der Waals surface area (Å²) in [5, 5.41) is 15.2. The van der Waals surface area contributed by atoms with Gasteiger partial charge in [-0.1, -0.05) is 6.07 Å². The number of hydrogen-bond acceptors (Lipinski definition) is 4. The zero-order valence-corrected chi connectivity index (χ0v) is 12.8. The fourth-order valence-electron chi connectivity index (χ4n) is 2.39. The van der Waals surface area contributed by atoms with E-state index in [2.05, 4.69) is 20.6 Å². The molecule has 0 fully saturated rings. The number of anilines is 1. The minimum absolute atomic E-state index is 0.0392. The third-order valence-electron chi connectivity index (χ3n) is 3.60. The second kappa shape index (κ2) is 5.61. The molecule has 0 aliphatic rings. The summed E-state index contributed by atoms with van der Waals surface area (Å²) in [6, 6.07) is 6.00. The predicted molar refractivity (Wildman–Crippen MR) is 85.6 cm³/mol. The Morgan fingerprint density at radius 3 is 2.91 bits per heavy atom. The highest BCUT2D eigenvalue weighted by Crippen LogP contribution is 2.28. The average molecular weight is 298 g/mol. The van der Waals surface area contributed by atoms with Crippen LogP contribution in [0.5, 0.6) is 0 Å². The minimum atomic E-state index is -0.0392. The summed E-state index contributed by atoms with van der Waals surface area (Å²) >= 11 is 0. The molecule has 0 saturated heterocycles. The monoisotopic (exact) mass is 298 g/mol. The number of rotatable bonds is 4. The van der Waals surface area contributed by atoms with E-state index >= 15 is 0 Å². The molecule has 0 unspecified atom stereocenters. The molecule has 1 aromatic carbocycles. The van der Waals surface area contributed by atoms with Gasteiger partial charge in [-0.05, 0) is 24.7 Å². The number of nitrogens with zero attached hydrogens (tertiary/aromatic N) is 4. The Kier molecular flexibility index (Phi) is 3.64. The normalized spacial score (nSPS) is 11.0. The van der Waals surface area contributed by atoms with E-state index in [4.69, 9.17) is 0 Å². The van der Waals surface area contributed by atoms with Crippen molar-refractivity contribution in [2.75, 3.05) is 25.5 Å². The van der Waals surface area contributed by atoms with Gasteiger partial charge in [0.1, 0.15) is 0 Å². The fourth-order valence-corrected chi connectivity index (χ4v) is 2.39. The molecule has 114 valence electrons. The number of hydrogen-bond donors (Lipinski definition) is 2. The third kappa shape index (κ3) is 2.46. The molecule has 7 nitrogen and oxygen atoms in total. The van der Waals surface area contributed by atoms with Crippen LogP contribution in [0.25, 0.3) is 22.0 Å². The summed E-state index contributed by atoms with van der Waals surface area (Å²) in [5.41, 5.74) is 2.96. The van der Waals surface area contributed by atoms with Crippen LogP contribution in [0.4, 0.5) is 5.82 Å². The van der Waals surface area contributed by atoms with Gasteiger partial charge in [0, 0.05) is 31.2 Å². The first-order valence-corrected chi connectivity index (χ1v) is 6.98. The lowest BCUT2D eigenvalue weighted by Crippen LogP contribution is -2.34. The Morgan fingerprint density at radius 2 is 2.23 bits per heavy atom. The Bertz CT molecular complexity index is 818. The summed E-state index contributed by atoms with van der Waals surface area (Å²) in [5.74, 6) is 0.587. The van der Waals surface area contributed by atoms with Crippen LogP contribution in [0.3, 0.4) is 0 Å². The van der Waals surface area contributed by atoms with Crippen LogP contribution in [0.1, 0.15) is 0 Å². The zero-order chi connectivity index (χ0) is 15.7. The third-order valence-corrected chi connectivity index (χ3v) is 3.60. The van der Waals surface area contributed by atoms with Crippen molar-refractivity contribution in [1.82, 2.24) is 25.3 Å². The second-order valence-corrected chi connectivity index (χ2v) is 5.19. The quantitative estimate of drug-likeness (QED) is 0.757. The molecular weight excluding hydrogens is 280 g/mol. The number of benzene rings is 1. The van der Waals surface area contributed by atoms with Crippen molar-refractivity contribution < 1.29 is 4.79 Å². The molecule has 1 amide bonds. The van der Waals surface area contributed by atoms with E-state index in [0.29, 0.717) is 5.82 Å². The number of amides is 1. The molecule has 0 bridgehead atoms. The van der Waals surface area contributed by atoms with Gasteiger partial charge < -0.3 is 5.32 Å². The van der Waals surface area contributed by atoms with Gasteiger partial charge in [0.25, 0.3) is 0 Å². The molecule has 7 heteroatoms. The largest absolute Gasteiger partial charge is 0.311 e. The molecule has 2 heterocycles. The number of carbonyl (C=O) groups excluding carboxylic acids is 1. The van der Waals surface area contributed by atoms with Gasteiger partial charge in [-0.15, -0.1) is 0 Å². The predicted octanol–water partition coefficient (Wildman–Crippen LogP) is 1.15. The lowest BCUT2D eigenvalue weighted by molar-refractivity contribution is -0.117. The summed E-state index contributed by atoms with van der Waals surface area (Å²) in [6.07, 6.45) is 3.77. The molecule has 0 aliphatic carbocycles. The lowest BCUT2D eigenvalue weighted by Gasteiger charge is -2.14. The Labute approximate surface area is 127 Å². The van der Waals surface area contributed by atoms with Crippen LogP contribution in [0.15, 0.2) is 30.6 Å². The first-order chi connectivity index (χ1) is 10.6. The highest BCUT2D eigenvalue weighted by molar-refractivity contribution is 6.02. The fraction of sp³-hybridized carbons (Fsp3) is 0.267. The van der Waals surface area contributed by atoms with E-state index < -0.39 is 0 Å². The standard InChI is InChI=1S/C15H18N6O/c1-16-8-14(22)21(3)15-12-6-10(4-5-13(12)18-19-15)11-7-17-20(2)9-11/h4-7,9,16H,8H2,1-3H3,(H,18,19). The van der Waals surface area contributed by atoms with Crippen LogP contribution < -0.4 is 10.2 Å². The second-order valence-electron chi connectivity index (χ2n) is 5.19. The van der Waals surface area contributed by atoms with Crippen molar-refractivity contribution in [2.45, 2.75) is 0 Å². The summed E-state index contributed by atoms with van der Waals surface area (Å²) < 4.78 is 1.76. The number of carbonyl (C=O) groups is 1. The zero-order valence-electron chi connectivity index (χ0n) is 12.8. The number of aryl methyl sites for hydroxylation is 1. The highest BCUT2D eigenvalue weighted by Gasteiger charge is 2.16. The maximum absolute atomic E-state index is 12.0. The van der Waals surface area contributed by atoms with Crippen molar-refractivity contribution in [3.63, 3.8) is 0 Å². The van der Waals surface area contributed by atoms with Gasteiger partial charge in [-0.2, -0.15) is 10.2 Å². The minimum Gasteiger partial charge on any atom is -0.311 e. The Hall–Kier alpha value is -2.67. The van der Waals surface area contributed by atoms with Crippen LogP contribution in [-0.2, 0) is 11.8 Å². The van der Waals surface area contributed by atoms with E-state index in [-0.39, 0.29) is 12.5 Å². The number of nitrogens with one attached hydrogen (secondary N) is 2. The van der Waals surface area contributed by atoms with Crippen molar-refractivity contribution in [3.05, 3.63) is 30.6 Å². The first kappa shape index (κ1) is 14.3. The number of H-pyrrole nitrogens is 1. The van der Waals surface area contributed by atoms with E-state index in [1.165, 1.54) is 0 Å². The van der Waals surface area contributed by atoms with Crippen molar-refractivity contribution in [1.29, 1.82) is 0 Å². The van der Waals surface area contributed by atoms with Gasteiger partial charge in [0.05, 0.1) is 18.3 Å². The topological polar surface area (TPSA) is 78.8 Å². The maximum atomic E-state index is 12.0. The summed E-state index contributed by atoms with van der Waals surface area (Å²) in [4.78, 5) is 13.6. The highest BCUT2D eigenvalue weighted by atomic mass is 16.2. The van der Waals surface area contributed by atoms with Crippen LogP contribution in [0, 0.1) is 0 Å². The molecule has 0 saturated carbocycles. The summed E-state index contributed by atoms with van der Waals surface area (Å²) in [7, 11) is 5.36. The summed E-state index contributed by atoms with van der Waals surface area (Å²) in [6.45, 7) is 0.271. The number of likely N-dealkylation sites (N-methyl/N-ethyl adjacent to an activating group) is 2. The van der Waals surface area contributed by atoms with Gasteiger partial charge in [-0.3, -0.25) is 19.5 Å². The molecule has 0 atom stereocenters. The molecule has 3 aromatic rings. The van der Waals surface area contributed by atoms with E-state index in [9.17, 15) is 4.79 Å². The molecule has 0 aliphatic heterocycles. The SMILES string of the molecule is CNCC(=O)N(C)c1n[nH]c2ccc(-c3cnn(C)c3)cc12. The van der Waals surface area contributed by atoms with Gasteiger partial charge in [0.2, 0.25) is 5.91 Å². The molecule has 3 rings (SSSR count). The Morgan fingerprint density at radius 1 is 1.41 bits per heavy atom. The maximum Gasteiger partial charge on any atom is 0.241 e. The smallest absolute Gasteiger partial charge is 0.241 e. The van der Waals surface area contributed by atoms with Crippen LogP contribution >= 0.6 is 0 Å². The van der Waals surface area contributed by atoms with Gasteiger partial charge in [-0.25, -0.2) is 0 Å². The van der Waals surface area contributed by atoms with Crippen LogP contribution in [-0.4, -0.2) is 46.5 Å². The molecule has 22 heavy (non-hydrogen) atoms. The molecule has 2 N–H and O–H groups in total. The van der Waals surface area contributed by atoms with Crippen molar-refractivity contribution in [3.8, 4) is 11.1 Å².